The summed E-state index contributed by atoms with van der Waals surface area (Å²) in [5.41, 5.74) is -2.09. The maximum absolute atomic E-state index is 14.8. The number of carbonyl (C=O) groups excluding carboxylic acids is 2. The lowest BCUT2D eigenvalue weighted by Crippen LogP contribution is -2.44. The Balaban J connectivity index is 2.15. The third-order valence-corrected chi connectivity index (χ3v) is 14.5. The van der Waals surface area contributed by atoms with E-state index in [4.69, 9.17) is 30.9 Å². The van der Waals surface area contributed by atoms with Crippen LogP contribution in [0.25, 0.3) is 0 Å². The molecule has 2 aromatic carbocycles. The van der Waals surface area contributed by atoms with E-state index in [1.165, 1.54) is 7.11 Å². The highest BCUT2D eigenvalue weighted by Crippen LogP contribution is 2.39. The quantitative estimate of drug-likeness (QED) is 0.0550. The van der Waals surface area contributed by atoms with E-state index < -0.39 is 73.9 Å². The number of esters is 1. The van der Waals surface area contributed by atoms with Gasteiger partial charge in [0.1, 0.15) is 23.1 Å². The number of hydrogen-bond acceptors (Lipinski definition) is 7. The largest absolute Gasteiger partial charge is 0.496 e. The number of nitrogens with one attached hydrogen (secondary N) is 2. The molecule has 1 aliphatic carbocycles. The maximum Gasteiger partial charge on any atom is 0.431 e. The number of nitrogens with zero attached hydrogens (tertiary/aromatic N) is 1. The first-order valence-corrected chi connectivity index (χ1v) is 20.1. The molecule has 0 spiro atoms. The predicted molar refractivity (Wildman–Crippen MR) is 188 cm³/mol. The molecule has 0 bridgehead atoms. The van der Waals surface area contributed by atoms with E-state index >= 15 is 0 Å². The van der Waals surface area contributed by atoms with E-state index in [1.54, 1.807) is 25.1 Å². The highest BCUT2D eigenvalue weighted by atomic mass is 35.5. The number of ether oxygens (including phenoxy) is 2. The van der Waals surface area contributed by atoms with Gasteiger partial charge in [0.25, 0.3) is 5.91 Å². The number of benzene rings is 2. The molecule has 0 radical (unpaired) electrons. The number of halogens is 6. The summed E-state index contributed by atoms with van der Waals surface area (Å²) >= 11 is 6.70. The van der Waals surface area contributed by atoms with Gasteiger partial charge in [-0.2, -0.15) is 13.2 Å². The molecule has 282 valence electrons. The van der Waals surface area contributed by atoms with Crippen LogP contribution in [-0.4, -0.2) is 63.8 Å². The highest BCUT2D eigenvalue weighted by molar-refractivity contribution is 6.73. The smallest absolute Gasteiger partial charge is 0.431 e. The van der Waals surface area contributed by atoms with Gasteiger partial charge in [0.05, 0.1) is 42.9 Å². The van der Waals surface area contributed by atoms with E-state index in [1.807, 2.05) is 20.8 Å². The molecule has 3 rings (SSSR count). The summed E-state index contributed by atoms with van der Waals surface area (Å²) < 4.78 is 90.7. The molecule has 1 aliphatic rings. The van der Waals surface area contributed by atoms with Gasteiger partial charge in [0.2, 0.25) is 0 Å². The number of rotatable bonds is 17. The normalized spacial score (nSPS) is 17.6. The molecule has 0 aliphatic heterocycles. The SMILES string of the molecule is CCOC(=O)[C@H]1CC[C@H](N/C(=C(\C=N)C(=O)N(Cc2cc(F)cc(F)c2)CC(O[Si](CC)(CC)CC)c2c(Cl)cccc2OC)C(F)(F)F)CC1. The van der Waals surface area contributed by atoms with E-state index in [-0.39, 0.29) is 49.4 Å². The zero-order chi connectivity index (χ0) is 37.9. The van der Waals surface area contributed by atoms with Gasteiger partial charge in [-0.15, -0.1) is 0 Å². The second-order valence-electron chi connectivity index (χ2n) is 12.5. The lowest BCUT2D eigenvalue weighted by Gasteiger charge is -2.37. The second-order valence-corrected chi connectivity index (χ2v) is 17.7. The average Bonchev–Trinajstić information content (AvgIpc) is 3.09. The monoisotopic (exact) mass is 759 g/mol. The molecular formula is C36H47ClF5N3O5Si. The number of hydrogen-bond donors (Lipinski definition) is 2. The van der Waals surface area contributed by atoms with Crippen molar-refractivity contribution in [2.75, 3.05) is 20.3 Å². The fourth-order valence-electron chi connectivity index (χ4n) is 6.50. The molecule has 0 heterocycles. The van der Waals surface area contributed by atoms with Crippen molar-refractivity contribution in [3.63, 3.8) is 0 Å². The molecule has 0 saturated heterocycles. The van der Waals surface area contributed by atoms with Gasteiger partial charge in [0.15, 0.2) is 8.32 Å². The summed E-state index contributed by atoms with van der Waals surface area (Å²) in [5, 5.41) is 10.7. The maximum atomic E-state index is 14.8. The van der Waals surface area contributed by atoms with Crippen LogP contribution in [0.4, 0.5) is 22.0 Å². The lowest BCUT2D eigenvalue weighted by atomic mass is 9.86. The molecule has 1 fully saturated rings. The van der Waals surface area contributed by atoms with Gasteiger partial charge >= 0.3 is 12.1 Å². The van der Waals surface area contributed by atoms with Crippen LogP contribution in [0.15, 0.2) is 47.7 Å². The predicted octanol–water partition coefficient (Wildman–Crippen LogP) is 8.90. The van der Waals surface area contributed by atoms with Crippen molar-refractivity contribution in [2.45, 2.75) is 96.4 Å². The van der Waals surface area contributed by atoms with Crippen LogP contribution in [0, 0.1) is 23.0 Å². The minimum Gasteiger partial charge on any atom is -0.496 e. The second kappa shape index (κ2) is 18.8. The van der Waals surface area contributed by atoms with Crippen molar-refractivity contribution < 1.29 is 45.4 Å². The fourth-order valence-corrected chi connectivity index (χ4v) is 9.58. The Labute approximate surface area is 302 Å². The molecule has 1 amide bonds. The summed E-state index contributed by atoms with van der Waals surface area (Å²) in [5.74, 6) is -3.63. The Hall–Kier alpha value is -3.49. The van der Waals surface area contributed by atoms with E-state index in [0.29, 0.717) is 41.7 Å². The summed E-state index contributed by atoms with van der Waals surface area (Å²) in [6.07, 6.45) is -4.84. The highest BCUT2D eigenvalue weighted by Gasteiger charge is 2.42. The fraction of sp³-hybridized carbons (Fsp3) is 0.528. The van der Waals surface area contributed by atoms with Crippen LogP contribution in [0.1, 0.15) is 70.6 Å². The number of alkyl halides is 3. The Morgan fingerprint density at radius 3 is 2.16 bits per heavy atom. The first-order valence-electron chi connectivity index (χ1n) is 17.1. The Bertz CT molecular complexity index is 1520. The lowest BCUT2D eigenvalue weighted by molar-refractivity contribution is -0.149. The molecule has 1 saturated carbocycles. The van der Waals surface area contributed by atoms with Crippen LogP contribution in [-0.2, 0) is 25.3 Å². The Morgan fingerprint density at radius 2 is 1.65 bits per heavy atom. The topological polar surface area (TPSA) is 101 Å². The van der Waals surface area contributed by atoms with Gasteiger partial charge in [-0.25, -0.2) is 8.78 Å². The van der Waals surface area contributed by atoms with E-state index in [9.17, 15) is 31.5 Å². The molecule has 15 heteroatoms. The van der Waals surface area contributed by atoms with Crippen LogP contribution in [0.5, 0.6) is 5.75 Å². The number of allylic oxidation sites excluding steroid dienone is 1. The van der Waals surface area contributed by atoms with Crippen molar-refractivity contribution in [3.05, 3.63) is 75.5 Å². The third kappa shape index (κ3) is 11.0. The Kier molecular flexibility index (Phi) is 15.5. The molecule has 8 nitrogen and oxygen atoms in total. The standard InChI is InChI=1S/C36H47ClF5N3O5Si/c1-6-49-35(47)24-13-15-27(16-14-24)44-33(36(40,41)42)28(20-43)34(46)45(21-23-17-25(38)19-26(39)18-23)22-31(50-51(7-2,8-3)9-4)32-29(37)11-10-12-30(32)48-5/h10-12,17-20,24,27,31,43-44H,6-9,13-16,21-22H2,1-5H3/b33-28+,43-20?/t24-,27-,31?. The van der Waals surface area contributed by atoms with Gasteiger partial charge in [-0.05, 0) is 80.6 Å². The van der Waals surface area contributed by atoms with Crippen molar-refractivity contribution in [1.82, 2.24) is 10.2 Å². The van der Waals surface area contributed by atoms with Crippen molar-refractivity contribution in [1.29, 1.82) is 5.41 Å². The summed E-state index contributed by atoms with van der Waals surface area (Å²) in [7, 11) is -1.10. The van der Waals surface area contributed by atoms with Gasteiger partial charge < -0.3 is 29.5 Å². The van der Waals surface area contributed by atoms with Crippen LogP contribution >= 0.6 is 11.6 Å². The molecule has 2 aromatic rings. The number of methoxy groups -OCH3 is 1. The van der Waals surface area contributed by atoms with Crippen molar-refractivity contribution in [3.8, 4) is 5.75 Å². The van der Waals surface area contributed by atoms with Gasteiger partial charge in [-0.1, -0.05) is 38.4 Å². The summed E-state index contributed by atoms with van der Waals surface area (Å²) in [6.45, 7) is 6.90. The van der Waals surface area contributed by atoms with Crippen molar-refractivity contribution >= 4 is 38.0 Å². The van der Waals surface area contributed by atoms with Crippen LogP contribution in [0.3, 0.4) is 0 Å². The number of amides is 1. The minimum absolute atomic E-state index is 0.0288. The van der Waals surface area contributed by atoms with Gasteiger partial charge in [0, 0.05) is 30.4 Å². The van der Waals surface area contributed by atoms with E-state index in [2.05, 4.69) is 5.32 Å². The van der Waals surface area contributed by atoms with Crippen molar-refractivity contribution in [2.24, 2.45) is 5.92 Å². The molecule has 1 atom stereocenters. The molecule has 2 N–H and O–H groups in total. The third-order valence-electron chi connectivity index (χ3n) is 9.47. The first-order chi connectivity index (χ1) is 24.1. The zero-order valence-electron chi connectivity index (χ0n) is 29.6. The molecule has 0 aromatic heterocycles. The van der Waals surface area contributed by atoms with Crippen LogP contribution in [0.2, 0.25) is 23.2 Å². The van der Waals surface area contributed by atoms with E-state index in [0.717, 1.165) is 17.0 Å². The summed E-state index contributed by atoms with van der Waals surface area (Å²) in [4.78, 5) is 27.6. The minimum atomic E-state index is -5.09. The van der Waals surface area contributed by atoms with Gasteiger partial charge in [-0.3, -0.25) is 9.59 Å². The molecular weight excluding hydrogens is 713 g/mol. The average molecular weight is 760 g/mol. The van der Waals surface area contributed by atoms with Crippen LogP contribution < -0.4 is 10.1 Å². The molecule has 1 unspecified atom stereocenters. The summed E-state index contributed by atoms with van der Waals surface area (Å²) in [6, 6.07) is 8.79. The Morgan fingerprint density at radius 1 is 1.04 bits per heavy atom. The first kappa shape index (κ1) is 41.9. The zero-order valence-corrected chi connectivity index (χ0v) is 31.4. The number of carbonyl (C=O) groups is 2. The molecule has 51 heavy (non-hydrogen) atoms.